The number of aromatic nitrogens is 1. The summed E-state index contributed by atoms with van der Waals surface area (Å²) in [5.41, 5.74) is 9.54. The molecule has 0 unspecified atom stereocenters. The zero-order chi connectivity index (χ0) is 25.3. The Labute approximate surface area is 231 Å². The van der Waals surface area contributed by atoms with Crippen LogP contribution in [0.2, 0.25) is 0 Å². The zero-order valence-corrected chi connectivity index (χ0v) is 22.2. The minimum absolute atomic E-state index is 0.874. The van der Waals surface area contributed by atoms with Crippen LogP contribution in [0, 0.1) is 0 Å². The minimum atomic E-state index is 0.874. The molecule has 2 aliphatic heterocycles. The molecule has 3 heterocycles. The van der Waals surface area contributed by atoms with E-state index >= 15 is 0 Å². The van der Waals surface area contributed by atoms with E-state index in [4.69, 9.17) is 0 Å². The maximum absolute atomic E-state index is 4.62. The number of rotatable bonds is 2. The number of dihydropyridines is 1. The molecule has 2 aliphatic rings. The van der Waals surface area contributed by atoms with Gasteiger partial charge in [0.25, 0.3) is 0 Å². The first kappa shape index (κ1) is 23.2. The highest BCUT2D eigenvalue weighted by atomic mass is 32.2. The van der Waals surface area contributed by atoms with Crippen molar-refractivity contribution in [2.24, 2.45) is 0 Å². The van der Waals surface area contributed by atoms with Gasteiger partial charge in [0.15, 0.2) is 0 Å². The Morgan fingerprint density at radius 1 is 0.579 bits per heavy atom. The summed E-state index contributed by atoms with van der Waals surface area (Å²) in [4.78, 5) is 9.62. The van der Waals surface area contributed by atoms with Gasteiger partial charge in [-0.05, 0) is 69.8 Å². The summed E-state index contributed by atoms with van der Waals surface area (Å²) in [5.74, 6) is 0. The van der Waals surface area contributed by atoms with Crippen LogP contribution < -0.4 is 5.32 Å². The van der Waals surface area contributed by atoms with Gasteiger partial charge in [0, 0.05) is 44.1 Å². The molecular weight excluding hydrogens is 501 g/mol. The van der Waals surface area contributed by atoms with Gasteiger partial charge in [-0.25, -0.2) is 0 Å². The molecule has 5 aromatic rings. The highest BCUT2D eigenvalue weighted by Crippen LogP contribution is 2.49. The molecule has 38 heavy (non-hydrogen) atoms. The number of nitrogens with zero attached hydrogens (tertiary/aromatic N) is 1. The van der Waals surface area contributed by atoms with E-state index in [1.807, 2.05) is 41.9 Å². The molecule has 0 bridgehead atoms. The lowest BCUT2D eigenvalue weighted by molar-refractivity contribution is 0.976. The summed E-state index contributed by atoms with van der Waals surface area (Å²) in [6.07, 6.45) is 8.35. The molecule has 7 rings (SSSR count). The molecule has 0 saturated carbocycles. The highest BCUT2D eigenvalue weighted by molar-refractivity contribution is 8.00. The highest BCUT2D eigenvalue weighted by Gasteiger charge is 2.20. The van der Waals surface area contributed by atoms with E-state index < -0.39 is 0 Å². The Bertz CT molecular complexity index is 1720. The van der Waals surface area contributed by atoms with Crippen LogP contribution in [0.3, 0.4) is 0 Å². The first-order chi connectivity index (χ1) is 18.8. The van der Waals surface area contributed by atoms with Gasteiger partial charge in [-0.1, -0.05) is 102 Å². The van der Waals surface area contributed by atoms with E-state index in [1.165, 1.54) is 53.0 Å². The molecule has 0 saturated heterocycles. The van der Waals surface area contributed by atoms with Crippen molar-refractivity contribution in [1.29, 1.82) is 0 Å². The Kier molecular flexibility index (Phi) is 6.12. The molecule has 4 heteroatoms. The molecule has 0 fully saturated rings. The lowest BCUT2D eigenvalue weighted by Crippen LogP contribution is -2.08. The predicted octanol–water partition coefficient (Wildman–Crippen LogP) is 9.20. The van der Waals surface area contributed by atoms with Crippen molar-refractivity contribution in [2.45, 2.75) is 19.6 Å². The summed E-state index contributed by atoms with van der Waals surface area (Å²) in [5, 5.41) is 3.35. The van der Waals surface area contributed by atoms with Crippen LogP contribution in [-0.2, 0) is 0 Å². The molecule has 0 amide bonds. The standard InChI is InChI=1S/C34H24N2S2/c1-3-12-31-26(9-1)27-10-2-4-13-32(27)38-34-21-24(30-11-5-6-19-36-30)15-17-29(34)28-16-14-23(20-33(28)37-31)25-8-7-18-35-22-25/h1-17,19-22,35H,18H2. The van der Waals surface area contributed by atoms with Crippen LogP contribution in [0.15, 0.2) is 147 Å². The number of fused-ring (bicyclic) bond motifs is 6. The fourth-order valence-electron chi connectivity index (χ4n) is 4.97. The first-order valence-electron chi connectivity index (χ1n) is 12.7. The Morgan fingerprint density at radius 2 is 1.18 bits per heavy atom. The van der Waals surface area contributed by atoms with E-state index in [0.717, 1.165) is 17.8 Å². The van der Waals surface area contributed by atoms with Gasteiger partial charge in [-0.15, -0.1) is 0 Å². The maximum Gasteiger partial charge on any atom is 0.0702 e. The van der Waals surface area contributed by atoms with Crippen molar-refractivity contribution in [2.75, 3.05) is 6.54 Å². The number of allylic oxidation sites excluding steroid dienone is 2. The van der Waals surface area contributed by atoms with Crippen molar-refractivity contribution >= 4 is 29.1 Å². The predicted molar refractivity (Wildman–Crippen MR) is 160 cm³/mol. The lowest BCUT2D eigenvalue weighted by Gasteiger charge is -2.21. The second kappa shape index (κ2) is 10.1. The van der Waals surface area contributed by atoms with Crippen LogP contribution >= 0.6 is 23.5 Å². The van der Waals surface area contributed by atoms with Crippen LogP contribution in [0.4, 0.5) is 0 Å². The number of hydrogen-bond donors (Lipinski definition) is 1. The summed E-state index contributed by atoms with van der Waals surface area (Å²) in [7, 11) is 0. The number of pyridine rings is 1. The average Bonchev–Trinajstić information content (AvgIpc) is 2.99. The van der Waals surface area contributed by atoms with Crippen molar-refractivity contribution in [3.05, 3.63) is 133 Å². The van der Waals surface area contributed by atoms with Gasteiger partial charge < -0.3 is 5.32 Å². The van der Waals surface area contributed by atoms with Crippen LogP contribution in [-0.4, -0.2) is 11.5 Å². The van der Waals surface area contributed by atoms with Gasteiger partial charge >= 0.3 is 0 Å². The molecule has 1 N–H and O–H groups in total. The summed E-state index contributed by atoms with van der Waals surface area (Å²) < 4.78 is 0. The minimum Gasteiger partial charge on any atom is -0.387 e. The lowest BCUT2D eigenvalue weighted by atomic mass is 9.98. The molecule has 4 aromatic carbocycles. The largest absolute Gasteiger partial charge is 0.387 e. The molecule has 182 valence electrons. The number of nitrogens with one attached hydrogen (secondary N) is 1. The van der Waals surface area contributed by atoms with Gasteiger partial charge in [0.1, 0.15) is 0 Å². The first-order valence-corrected chi connectivity index (χ1v) is 14.3. The molecule has 1 aromatic heterocycles. The molecule has 0 radical (unpaired) electrons. The van der Waals surface area contributed by atoms with Crippen LogP contribution in [0.25, 0.3) is 39.1 Å². The monoisotopic (exact) mass is 524 g/mol. The van der Waals surface area contributed by atoms with E-state index in [0.29, 0.717) is 0 Å². The molecule has 0 spiro atoms. The normalized spacial score (nSPS) is 13.7. The van der Waals surface area contributed by atoms with Crippen LogP contribution in [0.5, 0.6) is 0 Å². The van der Waals surface area contributed by atoms with E-state index in [9.17, 15) is 0 Å². The topological polar surface area (TPSA) is 24.9 Å². The van der Waals surface area contributed by atoms with E-state index in [-0.39, 0.29) is 0 Å². The second-order valence-electron chi connectivity index (χ2n) is 9.24. The van der Waals surface area contributed by atoms with E-state index in [2.05, 4.69) is 120 Å². The van der Waals surface area contributed by atoms with Crippen molar-refractivity contribution in [1.82, 2.24) is 10.3 Å². The fraction of sp³-hybridized carbons (Fsp3) is 0.0294. The Balaban J connectivity index is 1.47. The van der Waals surface area contributed by atoms with Gasteiger partial charge in [-0.2, -0.15) is 0 Å². The molecular formula is C34H24N2S2. The van der Waals surface area contributed by atoms with E-state index in [1.54, 1.807) is 0 Å². The fourth-order valence-corrected chi connectivity index (χ4v) is 7.27. The summed E-state index contributed by atoms with van der Waals surface area (Å²) in [6, 6.07) is 37.2. The third-order valence-corrected chi connectivity index (χ3v) is 9.11. The van der Waals surface area contributed by atoms with Gasteiger partial charge in [0.2, 0.25) is 0 Å². The van der Waals surface area contributed by atoms with Crippen molar-refractivity contribution in [3.8, 4) is 33.5 Å². The van der Waals surface area contributed by atoms with Crippen LogP contribution in [0.1, 0.15) is 5.56 Å². The number of benzene rings is 4. The quantitative estimate of drug-likeness (QED) is 0.244. The summed E-state index contributed by atoms with van der Waals surface area (Å²) in [6.45, 7) is 0.874. The second-order valence-corrected chi connectivity index (χ2v) is 11.4. The molecule has 0 aliphatic carbocycles. The van der Waals surface area contributed by atoms with Gasteiger partial charge in [0.05, 0.1) is 5.69 Å². The SMILES string of the molecule is C1=CC(c2ccc3c(c2)Sc2ccccc2-c2ccccc2Sc2cc(-c4ccccn4)ccc2-3)=CNC1. The molecule has 0 atom stereocenters. The molecule has 2 nitrogen and oxygen atoms in total. The van der Waals surface area contributed by atoms with Gasteiger partial charge in [-0.3, -0.25) is 4.98 Å². The van der Waals surface area contributed by atoms with Crippen molar-refractivity contribution in [3.63, 3.8) is 0 Å². The third-order valence-electron chi connectivity index (χ3n) is 6.84. The third kappa shape index (κ3) is 4.36. The van der Waals surface area contributed by atoms with Crippen molar-refractivity contribution < 1.29 is 0 Å². The Hall–Kier alpha value is -3.99. The average molecular weight is 525 g/mol. The zero-order valence-electron chi connectivity index (χ0n) is 20.6. The maximum atomic E-state index is 4.62. The number of hydrogen-bond acceptors (Lipinski definition) is 4. The Morgan fingerprint density at radius 3 is 1.82 bits per heavy atom. The smallest absolute Gasteiger partial charge is 0.0702 e. The summed E-state index contributed by atoms with van der Waals surface area (Å²) >= 11 is 3.69.